The maximum absolute atomic E-state index is 4.29. The lowest BCUT2D eigenvalue weighted by Gasteiger charge is -2.60. The van der Waals surface area contributed by atoms with Crippen LogP contribution in [0.25, 0.3) is 0 Å². The lowest BCUT2D eigenvalue weighted by molar-refractivity contribution is -0.0900. The summed E-state index contributed by atoms with van der Waals surface area (Å²) >= 11 is 0. The Morgan fingerprint density at radius 3 is 2.80 bits per heavy atom. The first-order valence-corrected chi connectivity index (χ1v) is 8.87. The van der Waals surface area contributed by atoms with Gasteiger partial charge in [-0.15, -0.1) is 0 Å². The summed E-state index contributed by atoms with van der Waals surface area (Å²) in [5.74, 6) is 3.93. The molecule has 4 aliphatic carbocycles. The van der Waals surface area contributed by atoms with Crippen LogP contribution < -0.4 is 0 Å². The summed E-state index contributed by atoms with van der Waals surface area (Å²) in [6.45, 7) is 9.48. The molecule has 0 heterocycles. The van der Waals surface area contributed by atoms with Crippen LogP contribution in [0.3, 0.4) is 0 Å². The fourth-order valence-electron chi connectivity index (χ4n) is 6.64. The molecule has 0 spiro atoms. The van der Waals surface area contributed by atoms with Gasteiger partial charge in [0.1, 0.15) is 0 Å². The van der Waals surface area contributed by atoms with Crippen molar-refractivity contribution in [2.75, 3.05) is 0 Å². The third-order valence-corrected chi connectivity index (χ3v) is 7.94. The molecular formula is C20H30. The first kappa shape index (κ1) is 13.2. The van der Waals surface area contributed by atoms with Crippen molar-refractivity contribution in [3.8, 4) is 0 Å². The van der Waals surface area contributed by atoms with Gasteiger partial charge in [0.05, 0.1) is 0 Å². The van der Waals surface area contributed by atoms with Crippen LogP contribution in [0.5, 0.6) is 0 Å². The van der Waals surface area contributed by atoms with Gasteiger partial charge < -0.3 is 0 Å². The predicted octanol–water partition coefficient (Wildman–Crippen LogP) is 5.75. The quantitative estimate of drug-likeness (QED) is 0.491. The average molecular weight is 270 g/mol. The number of rotatable bonds is 0. The van der Waals surface area contributed by atoms with Gasteiger partial charge in [-0.2, -0.15) is 0 Å². The van der Waals surface area contributed by atoms with E-state index in [0.29, 0.717) is 10.8 Å². The Labute approximate surface area is 124 Å². The molecule has 0 heteroatoms. The second-order valence-electron chi connectivity index (χ2n) is 8.79. The molecule has 3 fully saturated rings. The zero-order chi connectivity index (χ0) is 14.0. The first-order chi connectivity index (χ1) is 9.53. The highest BCUT2D eigenvalue weighted by atomic mass is 14.6. The van der Waals surface area contributed by atoms with Gasteiger partial charge in [0.25, 0.3) is 0 Å². The topological polar surface area (TPSA) is 0 Å². The lowest BCUT2D eigenvalue weighted by atomic mass is 9.45. The average Bonchev–Trinajstić information content (AvgIpc) is 2.81. The van der Waals surface area contributed by atoms with E-state index in [0.717, 1.165) is 23.7 Å². The van der Waals surface area contributed by atoms with Crippen molar-refractivity contribution in [2.45, 2.75) is 65.2 Å². The largest absolute Gasteiger partial charge is 0.0999 e. The van der Waals surface area contributed by atoms with Crippen molar-refractivity contribution in [1.29, 1.82) is 0 Å². The summed E-state index contributed by atoms with van der Waals surface area (Å²) in [6, 6.07) is 0. The van der Waals surface area contributed by atoms with Crippen LogP contribution in [0.2, 0.25) is 0 Å². The monoisotopic (exact) mass is 270 g/mol. The van der Waals surface area contributed by atoms with Gasteiger partial charge in [-0.1, -0.05) is 38.2 Å². The molecule has 0 bridgehead atoms. The molecule has 0 aromatic rings. The van der Waals surface area contributed by atoms with Crippen molar-refractivity contribution in [2.24, 2.45) is 34.5 Å². The fraction of sp³-hybridized carbons (Fsp3) is 0.800. The van der Waals surface area contributed by atoms with E-state index in [9.17, 15) is 0 Å². The fourth-order valence-corrected chi connectivity index (χ4v) is 6.64. The van der Waals surface area contributed by atoms with Gasteiger partial charge in [-0.25, -0.2) is 0 Å². The van der Waals surface area contributed by atoms with E-state index in [1.54, 1.807) is 0 Å². The minimum Gasteiger partial charge on any atom is -0.0999 e. The summed E-state index contributed by atoms with van der Waals surface area (Å²) in [4.78, 5) is 0. The van der Waals surface area contributed by atoms with Crippen LogP contribution in [-0.4, -0.2) is 0 Å². The van der Waals surface area contributed by atoms with Gasteiger partial charge in [0.15, 0.2) is 0 Å². The van der Waals surface area contributed by atoms with Crippen LogP contribution in [0.15, 0.2) is 24.3 Å². The van der Waals surface area contributed by atoms with E-state index in [2.05, 4.69) is 32.6 Å². The minimum absolute atomic E-state index is 0.544. The van der Waals surface area contributed by atoms with E-state index in [4.69, 9.17) is 0 Å². The molecule has 0 amide bonds. The molecule has 0 aromatic heterocycles. The molecule has 6 atom stereocenters. The molecule has 3 saturated carbocycles. The molecule has 0 aromatic carbocycles. The Balaban J connectivity index is 1.64. The molecule has 0 N–H and O–H groups in total. The maximum atomic E-state index is 4.29. The van der Waals surface area contributed by atoms with E-state index >= 15 is 0 Å². The Bertz CT molecular complexity index is 459. The van der Waals surface area contributed by atoms with Crippen molar-refractivity contribution in [3.05, 3.63) is 24.3 Å². The smallest absolute Gasteiger partial charge is 0.0112 e. The third-order valence-electron chi connectivity index (χ3n) is 7.94. The summed E-state index contributed by atoms with van der Waals surface area (Å²) in [5.41, 5.74) is 2.71. The Hall–Kier alpha value is -0.520. The molecule has 20 heavy (non-hydrogen) atoms. The Morgan fingerprint density at radius 1 is 1.10 bits per heavy atom. The lowest BCUT2D eigenvalue weighted by Crippen LogP contribution is -2.52. The van der Waals surface area contributed by atoms with E-state index in [1.807, 2.05) is 0 Å². The molecule has 0 saturated heterocycles. The van der Waals surface area contributed by atoms with Crippen LogP contribution in [0.4, 0.5) is 0 Å². The van der Waals surface area contributed by atoms with E-state index < -0.39 is 0 Å². The number of fused-ring (bicyclic) bond motifs is 5. The van der Waals surface area contributed by atoms with Crippen LogP contribution in [0, 0.1) is 34.5 Å². The highest BCUT2D eigenvalue weighted by Gasteiger charge is 2.56. The van der Waals surface area contributed by atoms with Crippen LogP contribution >= 0.6 is 0 Å². The normalized spacial score (nSPS) is 54.2. The predicted molar refractivity (Wildman–Crippen MR) is 85.4 cm³/mol. The maximum Gasteiger partial charge on any atom is -0.0112 e. The molecular weight excluding hydrogens is 240 g/mol. The molecule has 0 unspecified atom stereocenters. The van der Waals surface area contributed by atoms with Crippen molar-refractivity contribution in [1.82, 2.24) is 0 Å². The van der Waals surface area contributed by atoms with Crippen molar-refractivity contribution in [3.63, 3.8) is 0 Å². The van der Waals surface area contributed by atoms with Gasteiger partial charge in [-0.3, -0.25) is 0 Å². The Kier molecular flexibility index (Phi) is 2.79. The number of hydrogen-bond donors (Lipinski definition) is 0. The summed E-state index contributed by atoms with van der Waals surface area (Å²) in [7, 11) is 0. The molecule has 0 nitrogen and oxygen atoms in total. The minimum atomic E-state index is 0.544. The summed E-state index contributed by atoms with van der Waals surface area (Å²) in [5, 5.41) is 0. The van der Waals surface area contributed by atoms with Gasteiger partial charge in [0, 0.05) is 0 Å². The molecule has 0 radical (unpaired) electrons. The van der Waals surface area contributed by atoms with Crippen LogP contribution in [-0.2, 0) is 0 Å². The first-order valence-electron chi connectivity index (χ1n) is 8.87. The van der Waals surface area contributed by atoms with Crippen molar-refractivity contribution < 1.29 is 0 Å². The molecule has 0 aliphatic heterocycles. The van der Waals surface area contributed by atoms with Gasteiger partial charge in [0.2, 0.25) is 0 Å². The SMILES string of the molecule is C=C1CC[C@@]2(C)[C@@H](CC[C@@H]3[C@@H]2CC[C@]2(C)C=CC[C@@H]32)C1. The van der Waals surface area contributed by atoms with Gasteiger partial charge >= 0.3 is 0 Å². The standard InChI is InChI=1S/C20H30/c1-14-8-12-20(3)15(13-14)6-7-16-17-5-4-10-19(17,2)11-9-18(16)20/h4,10,15-18H,1,5-9,11-13H2,2-3H3/t15-,16-,17-,18-,19-,20-/m0/s1. The van der Waals surface area contributed by atoms with Crippen LogP contribution in [0.1, 0.15) is 65.2 Å². The zero-order valence-electron chi connectivity index (χ0n) is 13.3. The third kappa shape index (κ3) is 1.66. The summed E-state index contributed by atoms with van der Waals surface area (Å²) < 4.78 is 0. The molecule has 4 rings (SSSR count). The highest BCUT2D eigenvalue weighted by molar-refractivity contribution is 5.17. The van der Waals surface area contributed by atoms with Crippen molar-refractivity contribution >= 4 is 0 Å². The second-order valence-corrected chi connectivity index (χ2v) is 8.79. The van der Waals surface area contributed by atoms with E-state index in [1.165, 1.54) is 56.9 Å². The van der Waals surface area contributed by atoms with Gasteiger partial charge in [-0.05, 0) is 85.9 Å². The Morgan fingerprint density at radius 2 is 1.95 bits per heavy atom. The summed E-state index contributed by atoms with van der Waals surface area (Å²) in [6.07, 6.45) is 16.4. The highest BCUT2D eigenvalue weighted by Crippen LogP contribution is 2.65. The molecule has 4 aliphatic rings. The number of allylic oxidation sites excluding steroid dienone is 3. The second kappa shape index (κ2) is 4.24. The zero-order valence-corrected chi connectivity index (χ0v) is 13.3. The van der Waals surface area contributed by atoms with E-state index in [-0.39, 0.29) is 0 Å². The number of hydrogen-bond acceptors (Lipinski definition) is 0. The molecule has 110 valence electrons.